The van der Waals surface area contributed by atoms with Crippen molar-refractivity contribution in [1.82, 2.24) is 0 Å². The van der Waals surface area contributed by atoms with Gasteiger partial charge in [0, 0.05) is 23.6 Å². The largest absolute Gasteiger partial charge is 0.497 e. The number of carbonyl (C=O) groups excluding carboxylic acids is 1. The summed E-state index contributed by atoms with van der Waals surface area (Å²) in [5, 5.41) is 2.99. The summed E-state index contributed by atoms with van der Waals surface area (Å²) in [6.45, 7) is -0.426. The molecule has 4 rings (SSSR count). The highest BCUT2D eigenvalue weighted by atomic mass is 19.1. The van der Waals surface area contributed by atoms with Gasteiger partial charge in [-0.3, -0.25) is 4.79 Å². The second kappa shape index (κ2) is 8.89. The fourth-order valence-electron chi connectivity index (χ4n) is 3.17. The van der Waals surface area contributed by atoms with Crippen LogP contribution in [0.25, 0.3) is 22.1 Å². The zero-order chi connectivity index (χ0) is 22.7. The minimum Gasteiger partial charge on any atom is -0.497 e. The Morgan fingerprint density at radius 1 is 0.969 bits per heavy atom. The highest BCUT2D eigenvalue weighted by Gasteiger charge is 2.12. The highest BCUT2D eigenvalue weighted by Crippen LogP contribution is 2.30. The van der Waals surface area contributed by atoms with Gasteiger partial charge in [0.05, 0.1) is 12.8 Å². The molecule has 0 atom stereocenters. The van der Waals surface area contributed by atoms with Gasteiger partial charge < -0.3 is 19.2 Å². The van der Waals surface area contributed by atoms with E-state index in [4.69, 9.17) is 13.9 Å². The van der Waals surface area contributed by atoms with Crippen LogP contribution < -0.4 is 20.4 Å². The van der Waals surface area contributed by atoms with Crippen LogP contribution in [0.3, 0.4) is 0 Å². The van der Waals surface area contributed by atoms with E-state index in [-0.39, 0.29) is 17.0 Å². The summed E-state index contributed by atoms with van der Waals surface area (Å²) in [5.74, 6) is -1.30. The number of halogens is 2. The molecule has 0 fully saturated rings. The van der Waals surface area contributed by atoms with E-state index in [2.05, 4.69) is 5.32 Å². The van der Waals surface area contributed by atoms with E-state index >= 15 is 0 Å². The highest BCUT2D eigenvalue weighted by molar-refractivity contribution is 5.94. The first-order valence-electron chi connectivity index (χ1n) is 9.53. The molecule has 0 saturated heterocycles. The third-order valence-electron chi connectivity index (χ3n) is 4.69. The second-order valence-electron chi connectivity index (χ2n) is 6.83. The van der Waals surface area contributed by atoms with Crippen molar-refractivity contribution in [2.75, 3.05) is 19.0 Å². The summed E-state index contributed by atoms with van der Waals surface area (Å²) < 4.78 is 42.5. The van der Waals surface area contributed by atoms with E-state index in [1.807, 2.05) is 12.1 Å². The van der Waals surface area contributed by atoms with Crippen molar-refractivity contribution >= 4 is 22.6 Å². The third-order valence-corrected chi connectivity index (χ3v) is 4.69. The molecule has 1 amide bonds. The molecule has 1 aromatic heterocycles. The van der Waals surface area contributed by atoms with Crippen molar-refractivity contribution in [1.29, 1.82) is 0 Å². The van der Waals surface area contributed by atoms with Crippen LogP contribution in [0.1, 0.15) is 0 Å². The van der Waals surface area contributed by atoms with Gasteiger partial charge in [0.15, 0.2) is 6.61 Å². The van der Waals surface area contributed by atoms with Gasteiger partial charge in [0.1, 0.15) is 28.7 Å². The lowest BCUT2D eigenvalue weighted by Gasteiger charge is -2.10. The Bertz CT molecular complexity index is 1350. The molecular weight excluding hydrogens is 420 g/mol. The molecule has 0 radical (unpaired) electrons. The average molecular weight is 437 g/mol. The number of fused-ring (bicyclic) bond motifs is 1. The maximum Gasteiger partial charge on any atom is 0.336 e. The standard InChI is InChI=1S/C24H17F2NO5/c1-30-16-5-2-14(3-6-16)19-12-24(29)32-22-11-17(7-8-18(19)22)31-13-23(28)27-21-9-4-15(25)10-20(21)26/h2-12H,13H2,1H3,(H,27,28). The van der Waals surface area contributed by atoms with Crippen LogP contribution in [0, 0.1) is 11.6 Å². The molecule has 0 spiro atoms. The van der Waals surface area contributed by atoms with Gasteiger partial charge in [-0.1, -0.05) is 12.1 Å². The summed E-state index contributed by atoms with van der Waals surface area (Å²) in [5.41, 5.74) is 1.07. The van der Waals surface area contributed by atoms with Crippen LogP contribution in [0.5, 0.6) is 11.5 Å². The summed E-state index contributed by atoms with van der Waals surface area (Å²) in [7, 11) is 1.57. The van der Waals surface area contributed by atoms with E-state index in [1.165, 1.54) is 12.1 Å². The minimum atomic E-state index is -0.892. The van der Waals surface area contributed by atoms with Crippen molar-refractivity contribution in [2.24, 2.45) is 0 Å². The van der Waals surface area contributed by atoms with Crippen LogP contribution in [-0.4, -0.2) is 19.6 Å². The van der Waals surface area contributed by atoms with Crippen LogP contribution in [0.4, 0.5) is 14.5 Å². The molecule has 3 aromatic carbocycles. The number of anilines is 1. The molecule has 0 aliphatic rings. The number of hydrogen-bond donors (Lipinski definition) is 1. The van der Waals surface area contributed by atoms with Gasteiger partial charge in [-0.25, -0.2) is 13.6 Å². The van der Waals surface area contributed by atoms with Gasteiger partial charge in [-0.2, -0.15) is 0 Å². The quantitative estimate of drug-likeness (QED) is 0.440. The summed E-state index contributed by atoms with van der Waals surface area (Å²) >= 11 is 0. The Labute approximate surface area is 181 Å². The van der Waals surface area contributed by atoms with E-state index in [0.29, 0.717) is 22.8 Å². The van der Waals surface area contributed by atoms with Crippen LogP contribution in [0.15, 0.2) is 75.9 Å². The van der Waals surface area contributed by atoms with Gasteiger partial charge in [0.25, 0.3) is 5.91 Å². The van der Waals surface area contributed by atoms with E-state index in [9.17, 15) is 18.4 Å². The summed E-state index contributed by atoms with van der Waals surface area (Å²) in [6.07, 6.45) is 0. The molecule has 32 heavy (non-hydrogen) atoms. The number of nitrogens with one attached hydrogen (secondary N) is 1. The molecule has 4 aromatic rings. The first-order chi connectivity index (χ1) is 15.4. The molecule has 6 nitrogen and oxygen atoms in total. The zero-order valence-electron chi connectivity index (χ0n) is 16.9. The smallest absolute Gasteiger partial charge is 0.336 e. The van der Waals surface area contributed by atoms with E-state index < -0.39 is 29.8 Å². The minimum absolute atomic E-state index is 0.159. The average Bonchev–Trinajstić information content (AvgIpc) is 2.79. The van der Waals surface area contributed by atoms with Gasteiger partial charge in [0.2, 0.25) is 0 Å². The SMILES string of the molecule is COc1ccc(-c2cc(=O)oc3cc(OCC(=O)Nc4ccc(F)cc4F)ccc23)cc1. The van der Waals surface area contributed by atoms with Crippen molar-refractivity contribution in [2.45, 2.75) is 0 Å². The van der Waals surface area contributed by atoms with Crippen LogP contribution >= 0.6 is 0 Å². The second-order valence-corrected chi connectivity index (χ2v) is 6.83. The molecule has 0 bridgehead atoms. The number of carbonyl (C=O) groups is 1. The van der Waals surface area contributed by atoms with Crippen molar-refractivity contribution in [3.63, 3.8) is 0 Å². The number of amides is 1. The number of ether oxygens (including phenoxy) is 2. The predicted molar refractivity (Wildman–Crippen MR) is 115 cm³/mol. The molecule has 162 valence electrons. The molecule has 0 aliphatic heterocycles. The number of methoxy groups -OCH3 is 1. The topological polar surface area (TPSA) is 77.8 Å². The normalized spacial score (nSPS) is 10.7. The maximum atomic E-state index is 13.7. The Morgan fingerprint density at radius 3 is 2.44 bits per heavy atom. The van der Waals surface area contributed by atoms with Crippen molar-refractivity contribution in [3.8, 4) is 22.6 Å². The van der Waals surface area contributed by atoms with Crippen LogP contribution in [-0.2, 0) is 4.79 Å². The third kappa shape index (κ3) is 4.59. The number of rotatable bonds is 6. The Hall–Kier alpha value is -4.20. The lowest BCUT2D eigenvalue weighted by molar-refractivity contribution is -0.118. The Balaban J connectivity index is 1.53. The fourth-order valence-corrected chi connectivity index (χ4v) is 3.17. The van der Waals surface area contributed by atoms with E-state index in [1.54, 1.807) is 31.4 Å². The lowest BCUT2D eigenvalue weighted by atomic mass is 10.0. The zero-order valence-corrected chi connectivity index (χ0v) is 16.9. The summed E-state index contributed by atoms with van der Waals surface area (Å²) in [4.78, 5) is 24.1. The molecule has 8 heteroatoms. The van der Waals surface area contributed by atoms with Gasteiger partial charge in [-0.15, -0.1) is 0 Å². The lowest BCUT2D eigenvalue weighted by Crippen LogP contribution is -2.20. The predicted octanol–water partition coefficient (Wildman–Crippen LogP) is 4.76. The molecule has 0 unspecified atom stereocenters. The monoisotopic (exact) mass is 437 g/mol. The number of benzene rings is 3. The molecular formula is C24H17F2NO5. The van der Waals surface area contributed by atoms with Gasteiger partial charge in [-0.05, 0) is 47.5 Å². The first kappa shape index (κ1) is 21.0. The van der Waals surface area contributed by atoms with Crippen molar-refractivity contribution < 1.29 is 27.5 Å². The van der Waals surface area contributed by atoms with Crippen LogP contribution in [0.2, 0.25) is 0 Å². The summed E-state index contributed by atoms with van der Waals surface area (Å²) in [6, 6.07) is 16.3. The van der Waals surface area contributed by atoms with E-state index in [0.717, 1.165) is 17.7 Å². The Morgan fingerprint density at radius 2 is 1.72 bits per heavy atom. The molecule has 1 N–H and O–H groups in total. The molecule has 0 saturated carbocycles. The molecule has 0 aliphatic carbocycles. The van der Waals surface area contributed by atoms with Crippen molar-refractivity contribution in [3.05, 3.63) is 88.8 Å². The first-order valence-corrected chi connectivity index (χ1v) is 9.53. The number of hydrogen-bond acceptors (Lipinski definition) is 5. The molecule has 1 heterocycles. The maximum absolute atomic E-state index is 13.7. The Kier molecular flexibility index (Phi) is 5.85. The van der Waals surface area contributed by atoms with Gasteiger partial charge >= 0.3 is 5.63 Å². The fraction of sp³-hybridized carbons (Fsp3) is 0.0833.